The SMILES string of the molecule is CCCNC(=O)C[NH+](C)Cc1c(C(=O)OCC)sc(N)c1C#N. The molecule has 1 aromatic heterocycles. The first kappa shape index (κ1) is 18.9. The van der Waals surface area contributed by atoms with Crippen LogP contribution in [-0.2, 0) is 16.1 Å². The Morgan fingerprint density at radius 1 is 1.43 bits per heavy atom. The van der Waals surface area contributed by atoms with Crippen molar-refractivity contribution in [3.05, 3.63) is 16.0 Å². The fourth-order valence-electron chi connectivity index (χ4n) is 2.10. The van der Waals surface area contributed by atoms with Crippen LogP contribution in [0.1, 0.15) is 41.1 Å². The quantitative estimate of drug-likeness (QED) is 0.574. The lowest BCUT2D eigenvalue weighted by Gasteiger charge is -2.14. The van der Waals surface area contributed by atoms with E-state index in [4.69, 9.17) is 10.5 Å². The number of likely N-dealkylation sites (N-methyl/N-ethyl adjacent to an activating group) is 1. The van der Waals surface area contributed by atoms with Crippen molar-refractivity contribution < 1.29 is 19.2 Å². The van der Waals surface area contributed by atoms with Crippen molar-refractivity contribution in [3.63, 3.8) is 0 Å². The lowest BCUT2D eigenvalue weighted by Crippen LogP contribution is -3.09. The Bertz CT molecular complexity index is 607. The van der Waals surface area contributed by atoms with Crippen LogP contribution < -0.4 is 16.0 Å². The maximum absolute atomic E-state index is 12.0. The Morgan fingerprint density at radius 2 is 2.13 bits per heavy atom. The number of nitrogens with one attached hydrogen (secondary N) is 2. The van der Waals surface area contributed by atoms with E-state index in [1.54, 1.807) is 6.92 Å². The number of thiophene rings is 1. The van der Waals surface area contributed by atoms with Crippen LogP contribution in [0.15, 0.2) is 0 Å². The molecule has 1 aromatic rings. The number of rotatable bonds is 8. The number of nitriles is 1. The molecule has 1 unspecified atom stereocenters. The van der Waals surface area contributed by atoms with Gasteiger partial charge in [-0.15, -0.1) is 11.3 Å². The number of esters is 1. The number of amides is 1. The second-order valence-corrected chi connectivity index (χ2v) is 6.19. The van der Waals surface area contributed by atoms with Gasteiger partial charge >= 0.3 is 5.97 Å². The maximum atomic E-state index is 12.0. The van der Waals surface area contributed by atoms with Gasteiger partial charge in [-0.25, -0.2) is 4.79 Å². The lowest BCUT2D eigenvalue weighted by molar-refractivity contribution is -0.885. The number of nitrogens with two attached hydrogens (primary N) is 1. The topological polar surface area (TPSA) is 110 Å². The number of carbonyl (C=O) groups excluding carboxylic acids is 2. The molecule has 126 valence electrons. The van der Waals surface area contributed by atoms with Gasteiger partial charge in [-0.05, 0) is 13.3 Å². The number of hydrogen-bond donors (Lipinski definition) is 3. The lowest BCUT2D eigenvalue weighted by atomic mass is 10.1. The van der Waals surface area contributed by atoms with Crippen molar-refractivity contribution in [2.24, 2.45) is 0 Å². The van der Waals surface area contributed by atoms with Crippen LogP contribution in [0.4, 0.5) is 5.00 Å². The van der Waals surface area contributed by atoms with Gasteiger partial charge < -0.3 is 20.7 Å². The largest absolute Gasteiger partial charge is 0.462 e. The minimum Gasteiger partial charge on any atom is -0.462 e. The molecular formula is C15H23N4O3S+. The monoisotopic (exact) mass is 339 g/mol. The minimum atomic E-state index is -0.482. The third-order valence-electron chi connectivity index (χ3n) is 3.12. The van der Waals surface area contributed by atoms with Crippen LogP contribution in [0.5, 0.6) is 0 Å². The second kappa shape index (κ2) is 9.12. The summed E-state index contributed by atoms with van der Waals surface area (Å²) in [6.07, 6.45) is 0.872. The average molecular weight is 339 g/mol. The number of hydrogen-bond acceptors (Lipinski definition) is 6. The fraction of sp³-hybridized carbons (Fsp3) is 0.533. The Morgan fingerprint density at radius 3 is 2.70 bits per heavy atom. The molecule has 0 bridgehead atoms. The molecule has 4 N–H and O–H groups in total. The van der Waals surface area contributed by atoms with Crippen molar-refractivity contribution in [2.45, 2.75) is 26.8 Å². The smallest absolute Gasteiger partial charge is 0.348 e. The van der Waals surface area contributed by atoms with Crippen LogP contribution in [0.25, 0.3) is 0 Å². The average Bonchev–Trinajstić information content (AvgIpc) is 2.81. The third-order valence-corrected chi connectivity index (χ3v) is 4.16. The van der Waals surface area contributed by atoms with Crippen LogP contribution in [0.2, 0.25) is 0 Å². The highest BCUT2D eigenvalue weighted by Gasteiger charge is 2.25. The van der Waals surface area contributed by atoms with Crippen molar-refractivity contribution in [1.82, 2.24) is 5.32 Å². The van der Waals surface area contributed by atoms with Gasteiger partial charge in [0.2, 0.25) is 0 Å². The second-order valence-electron chi connectivity index (χ2n) is 5.14. The highest BCUT2D eigenvalue weighted by molar-refractivity contribution is 7.18. The van der Waals surface area contributed by atoms with Gasteiger partial charge in [0.25, 0.3) is 5.91 Å². The Labute approximate surface area is 140 Å². The van der Waals surface area contributed by atoms with E-state index in [0.29, 0.717) is 34.1 Å². The summed E-state index contributed by atoms with van der Waals surface area (Å²) in [5, 5.41) is 12.4. The number of anilines is 1. The first-order valence-corrected chi connectivity index (χ1v) is 8.32. The first-order valence-electron chi connectivity index (χ1n) is 7.50. The predicted octanol–water partition coefficient (Wildman–Crippen LogP) is -0.0804. The molecule has 1 amide bonds. The van der Waals surface area contributed by atoms with Crippen molar-refractivity contribution >= 4 is 28.2 Å². The summed E-state index contributed by atoms with van der Waals surface area (Å²) in [5.74, 6) is -0.548. The van der Waals surface area contributed by atoms with Gasteiger partial charge in [0, 0.05) is 6.54 Å². The summed E-state index contributed by atoms with van der Waals surface area (Å²) >= 11 is 1.06. The highest BCUT2D eigenvalue weighted by Crippen LogP contribution is 2.30. The molecule has 0 fully saturated rings. The van der Waals surface area contributed by atoms with E-state index in [9.17, 15) is 14.9 Å². The van der Waals surface area contributed by atoms with E-state index < -0.39 is 5.97 Å². The van der Waals surface area contributed by atoms with Gasteiger partial charge in [-0.1, -0.05) is 6.92 Å². The summed E-state index contributed by atoms with van der Waals surface area (Å²) in [5.41, 5.74) is 6.68. The zero-order valence-corrected chi connectivity index (χ0v) is 14.5. The number of carbonyl (C=O) groups is 2. The molecule has 0 aromatic carbocycles. The molecule has 7 nitrogen and oxygen atoms in total. The fourth-order valence-corrected chi connectivity index (χ4v) is 3.03. The molecule has 0 spiro atoms. The standard InChI is InChI=1S/C15H22N4O3S/c1-4-6-18-12(20)9-19(3)8-11-10(7-16)14(17)23-13(11)15(21)22-5-2/h4-6,8-9,17H2,1-3H3,(H,18,20)/p+1. The molecule has 0 radical (unpaired) electrons. The van der Waals surface area contributed by atoms with Crippen LogP contribution in [0.3, 0.4) is 0 Å². The van der Waals surface area contributed by atoms with E-state index in [2.05, 4.69) is 5.32 Å². The van der Waals surface area contributed by atoms with E-state index in [-0.39, 0.29) is 19.1 Å². The molecule has 0 aliphatic rings. The summed E-state index contributed by atoms with van der Waals surface area (Å²) in [6, 6.07) is 2.04. The first-order chi connectivity index (χ1) is 10.9. The van der Waals surface area contributed by atoms with Crippen LogP contribution in [-0.4, -0.2) is 38.6 Å². The predicted molar refractivity (Wildman–Crippen MR) is 88.2 cm³/mol. The molecule has 8 heteroatoms. The van der Waals surface area contributed by atoms with Crippen molar-refractivity contribution in [2.75, 3.05) is 32.5 Å². The molecule has 1 atom stereocenters. The summed E-state index contributed by atoms with van der Waals surface area (Å²) in [7, 11) is 1.83. The highest BCUT2D eigenvalue weighted by atomic mass is 32.1. The Kier molecular flexibility index (Phi) is 7.51. The number of ether oxygens (including phenoxy) is 1. The third kappa shape index (κ3) is 5.23. The Balaban J connectivity index is 2.91. The van der Waals surface area contributed by atoms with Crippen molar-refractivity contribution in [3.8, 4) is 6.07 Å². The van der Waals surface area contributed by atoms with Gasteiger partial charge in [0.15, 0.2) is 6.54 Å². The van der Waals surface area contributed by atoms with Gasteiger partial charge in [0.05, 0.1) is 24.8 Å². The van der Waals surface area contributed by atoms with Crippen LogP contribution >= 0.6 is 11.3 Å². The van der Waals surface area contributed by atoms with Gasteiger partial charge in [-0.3, -0.25) is 4.79 Å². The Hall–Kier alpha value is -2.11. The summed E-state index contributed by atoms with van der Waals surface area (Å²) in [6.45, 7) is 5.19. The molecule has 0 aliphatic carbocycles. The molecular weight excluding hydrogens is 316 g/mol. The summed E-state index contributed by atoms with van der Waals surface area (Å²) in [4.78, 5) is 25.0. The molecule has 0 aliphatic heterocycles. The van der Waals surface area contributed by atoms with E-state index in [0.717, 1.165) is 22.7 Å². The number of nitrogens with zero attached hydrogens (tertiary/aromatic N) is 1. The molecule has 23 heavy (non-hydrogen) atoms. The molecule has 0 saturated heterocycles. The maximum Gasteiger partial charge on any atom is 0.348 e. The van der Waals surface area contributed by atoms with Gasteiger partial charge in [0.1, 0.15) is 22.5 Å². The molecule has 1 heterocycles. The molecule has 1 rings (SSSR count). The normalized spacial score (nSPS) is 11.6. The van der Waals surface area contributed by atoms with E-state index in [1.807, 2.05) is 20.0 Å². The van der Waals surface area contributed by atoms with Gasteiger partial charge in [-0.2, -0.15) is 5.26 Å². The van der Waals surface area contributed by atoms with E-state index >= 15 is 0 Å². The van der Waals surface area contributed by atoms with E-state index in [1.165, 1.54) is 0 Å². The molecule has 0 saturated carbocycles. The zero-order valence-electron chi connectivity index (χ0n) is 13.7. The zero-order chi connectivity index (χ0) is 17.4. The van der Waals surface area contributed by atoms with Crippen LogP contribution in [0, 0.1) is 11.3 Å². The minimum absolute atomic E-state index is 0.0660. The number of nitrogen functional groups attached to an aromatic ring is 1. The number of quaternary nitrogens is 1. The van der Waals surface area contributed by atoms with Crippen molar-refractivity contribution in [1.29, 1.82) is 5.26 Å². The summed E-state index contributed by atoms with van der Waals surface area (Å²) < 4.78 is 5.02.